The van der Waals surface area contributed by atoms with Gasteiger partial charge in [0.05, 0.1) is 0 Å². The molecule has 0 aromatic rings. The molecule has 64 valence electrons. The molecule has 0 amide bonds. The van der Waals surface area contributed by atoms with Crippen LogP contribution in [-0.2, 0) is 0 Å². The molecule has 0 aliphatic carbocycles. The Bertz CT molecular complexity index is 15.2. The molecule has 0 aliphatic rings. The molecule has 0 saturated heterocycles. The van der Waals surface area contributed by atoms with Crippen molar-refractivity contribution in [2.75, 3.05) is 0 Å². The molecule has 0 heterocycles. The second-order valence-electron chi connectivity index (χ2n) is 0. The van der Waals surface area contributed by atoms with Gasteiger partial charge in [0, 0.05) is 0 Å². The molecule has 0 aromatic carbocycles. The third kappa shape index (κ3) is 103. The Hall–Kier alpha value is 3.52. The maximum atomic E-state index is 0. The van der Waals surface area contributed by atoms with Crippen LogP contribution in [0.2, 0.25) is 0 Å². The van der Waals surface area contributed by atoms with E-state index in [0.717, 1.165) is 0 Å². The van der Waals surface area contributed by atoms with Gasteiger partial charge in [0.2, 0.25) is 0 Å². The number of hydrogen-bond acceptors (Lipinski definition) is 0. The fraction of sp³-hybridized carbons (Fsp3) is 0. The van der Waals surface area contributed by atoms with Crippen LogP contribution in [0, 0.1) is 0 Å². The van der Waals surface area contributed by atoms with E-state index in [1.165, 1.54) is 0 Å². The van der Waals surface area contributed by atoms with Crippen LogP contribution in [0.1, 0.15) is 0 Å². The largest absolute Gasteiger partial charge is 2.00 e. The SMILES string of the molecule is O.O.O.O.[Ca+2].[Ca+2].[Cl-].[Cl-].[Cl-].[Cl-]. The summed E-state index contributed by atoms with van der Waals surface area (Å²) < 4.78 is 0. The van der Waals surface area contributed by atoms with E-state index in [2.05, 4.69) is 0 Å². The number of halogens is 4. The average molecular weight is 294 g/mol. The van der Waals surface area contributed by atoms with Crippen LogP contribution in [-0.4, -0.2) is 97.4 Å². The Kier molecular flexibility index (Phi) is 2290. The van der Waals surface area contributed by atoms with E-state index in [4.69, 9.17) is 0 Å². The molecule has 0 unspecified atom stereocenters. The summed E-state index contributed by atoms with van der Waals surface area (Å²) in [5.41, 5.74) is 0. The van der Waals surface area contributed by atoms with Crippen LogP contribution in [0.25, 0.3) is 0 Å². The van der Waals surface area contributed by atoms with Gasteiger partial charge in [0.1, 0.15) is 0 Å². The van der Waals surface area contributed by atoms with Gasteiger partial charge in [-0.05, 0) is 0 Å². The van der Waals surface area contributed by atoms with Crippen LogP contribution < -0.4 is 49.6 Å². The minimum absolute atomic E-state index is 0. The fourth-order valence-electron chi connectivity index (χ4n) is 0. The van der Waals surface area contributed by atoms with Crippen molar-refractivity contribution in [3.63, 3.8) is 0 Å². The smallest absolute Gasteiger partial charge is 1.00 e. The molecule has 0 radical (unpaired) electrons. The second-order valence-corrected chi connectivity index (χ2v) is 0. The minimum atomic E-state index is 0. The first-order valence-corrected chi connectivity index (χ1v) is 0. The Labute approximate surface area is 144 Å². The molecular formula is H8Ca2Cl4O4. The summed E-state index contributed by atoms with van der Waals surface area (Å²) in [6.07, 6.45) is 0. The summed E-state index contributed by atoms with van der Waals surface area (Å²) in [6, 6.07) is 0. The zero-order valence-electron chi connectivity index (χ0n) is 4.93. The molecule has 10 heavy (non-hydrogen) atoms. The quantitative estimate of drug-likeness (QED) is 0.393. The minimum Gasteiger partial charge on any atom is -1.00 e. The summed E-state index contributed by atoms with van der Waals surface area (Å²) in [6.45, 7) is 0. The van der Waals surface area contributed by atoms with Gasteiger partial charge in [-0.2, -0.15) is 0 Å². The molecule has 10 heteroatoms. The average Bonchev–Trinajstić information content (AvgIpc) is 0. The molecule has 0 spiro atoms. The normalized spacial score (nSPS) is 0. The van der Waals surface area contributed by atoms with Gasteiger partial charge >= 0.3 is 75.5 Å². The summed E-state index contributed by atoms with van der Waals surface area (Å²) >= 11 is 0. The van der Waals surface area contributed by atoms with Crippen molar-refractivity contribution in [3.05, 3.63) is 0 Å². The molecule has 0 aromatic heterocycles. The van der Waals surface area contributed by atoms with Crippen LogP contribution in [0.15, 0.2) is 0 Å². The van der Waals surface area contributed by atoms with Gasteiger partial charge in [-0.1, -0.05) is 0 Å². The summed E-state index contributed by atoms with van der Waals surface area (Å²) in [5.74, 6) is 0. The van der Waals surface area contributed by atoms with Crippen LogP contribution in [0.5, 0.6) is 0 Å². The number of hydrogen-bond donors (Lipinski definition) is 0. The van der Waals surface area contributed by atoms with E-state index in [-0.39, 0.29) is 147 Å². The van der Waals surface area contributed by atoms with Crippen molar-refractivity contribution in [1.29, 1.82) is 0 Å². The molecule has 0 aliphatic heterocycles. The van der Waals surface area contributed by atoms with E-state index in [1.807, 2.05) is 0 Å². The van der Waals surface area contributed by atoms with Gasteiger partial charge in [-0.25, -0.2) is 0 Å². The zero-order valence-corrected chi connectivity index (χ0v) is 12.4. The second kappa shape index (κ2) is 134. The molecule has 8 N–H and O–H groups in total. The van der Waals surface area contributed by atoms with Gasteiger partial charge in [-0.15, -0.1) is 0 Å². The van der Waals surface area contributed by atoms with Crippen molar-refractivity contribution < 1.29 is 71.5 Å². The van der Waals surface area contributed by atoms with Crippen LogP contribution in [0.4, 0.5) is 0 Å². The number of rotatable bonds is 0. The predicted octanol–water partition coefficient (Wildman–Crippen LogP) is -16.0. The monoisotopic (exact) mass is 292 g/mol. The summed E-state index contributed by atoms with van der Waals surface area (Å²) in [4.78, 5) is 0. The van der Waals surface area contributed by atoms with Gasteiger partial charge in [0.25, 0.3) is 0 Å². The van der Waals surface area contributed by atoms with Gasteiger partial charge in [0.15, 0.2) is 0 Å². The van der Waals surface area contributed by atoms with Gasteiger partial charge < -0.3 is 71.5 Å². The van der Waals surface area contributed by atoms with E-state index in [1.54, 1.807) is 0 Å². The Morgan fingerprint density at radius 3 is 0.300 bits per heavy atom. The van der Waals surface area contributed by atoms with Crippen molar-refractivity contribution >= 4 is 75.5 Å². The van der Waals surface area contributed by atoms with Crippen molar-refractivity contribution in [3.8, 4) is 0 Å². The fourth-order valence-corrected chi connectivity index (χ4v) is 0. The molecule has 0 atom stereocenters. The molecular weight excluding hydrogens is 286 g/mol. The third-order valence-corrected chi connectivity index (χ3v) is 0. The van der Waals surface area contributed by atoms with Crippen molar-refractivity contribution in [1.82, 2.24) is 0 Å². The van der Waals surface area contributed by atoms with E-state index in [9.17, 15) is 0 Å². The standard InChI is InChI=1S/2Ca.4ClH.4H2O/h;;4*1H;4*1H2/q2*+2;;;;;;;;/p-4. The first-order valence-electron chi connectivity index (χ1n) is 0. The maximum Gasteiger partial charge on any atom is 2.00 e. The van der Waals surface area contributed by atoms with Crippen molar-refractivity contribution in [2.24, 2.45) is 0 Å². The predicted molar refractivity (Wildman–Crippen MR) is 26.0 cm³/mol. The van der Waals surface area contributed by atoms with E-state index < -0.39 is 0 Å². The molecule has 0 saturated carbocycles. The van der Waals surface area contributed by atoms with Crippen LogP contribution in [0.3, 0.4) is 0 Å². The third-order valence-electron chi connectivity index (χ3n) is 0. The Balaban J connectivity index is 0. The van der Waals surface area contributed by atoms with Gasteiger partial charge in [-0.3, -0.25) is 0 Å². The zero-order chi connectivity index (χ0) is 0. The molecule has 0 fully saturated rings. The van der Waals surface area contributed by atoms with Crippen molar-refractivity contribution in [2.45, 2.75) is 0 Å². The van der Waals surface area contributed by atoms with E-state index >= 15 is 0 Å². The summed E-state index contributed by atoms with van der Waals surface area (Å²) in [5, 5.41) is 0. The Morgan fingerprint density at radius 1 is 0.300 bits per heavy atom. The first kappa shape index (κ1) is 171. The maximum absolute atomic E-state index is 0. The van der Waals surface area contributed by atoms with E-state index in [0.29, 0.717) is 0 Å². The topological polar surface area (TPSA) is 126 Å². The Morgan fingerprint density at radius 2 is 0.300 bits per heavy atom. The first-order chi connectivity index (χ1) is 0. The molecule has 0 bridgehead atoms. The molecule has 4 nitrogen and oxygen atoms in total. The molecule has 0 rings (SSSR count). The summed E-state index contributed by atoms with van der Waals surface area (Å²) in [7, 11) is 0. The van der Waals surface area contributed by atoms with Crippen LogP contribution >= 0.6 is 0 Å².